The van der Waals surface area contributed by atoms with Crippen LogP contribution in [0.4, 0.5) is 0 Å². The van der Waals surface area contributed by atoms with Gasteiger partial charge >= 0.3 is 5.97 Å². The molecule has 2 rings (SSSR count). The monoisotopic (exact) mass is 292 g/mol. The van der Waals surface area contributed by atoms with Gasteiger partial charge in [0.25, 0.3) is 5.56 Å². The summed E-state index contributed by atoms with van der Waals surface area (Å²) in [6.45, 7) is 7.19. The van der Waals surface area contributed by atoms with Crippen LogP contribution < -0.4 is 5.56 Å². The summed E-state index contributed by atoms with van der Waals surface area (Å²) < 4.78 is 1.38. The van der Waals surface area contributed by atoms with Crippen molar-refractivity contribution in [1.29, 1.82) is 0 Å². The lowest BCUT2D eigenvalue weighted by Crippen LogP contribution is -2.38. The van der Waals surface area contributed by atoms with Gasteiger partial charge in [0, 0.05) is 18.8 Å². The number of carboxylic acids is 1. The van der Waals surface area contributed by atoms with E-state index in [9.17, 15) is 14.7 Å². The standard InChI is InChI=1S/C16H24N2O3/c1-12(2)10-14(16(20)21)18-11-13(4-5-15(18)19)6-9-17-7-3-8-17/h4-5,11-12,14H,3,6-10H2,1-2H3,(H,20,21). The normalized spacial score (nSPS) is 16.7. The summed E-state index contributed by atoms with van der Waals surface area (Å²) in [5.41, 5.74) is 0.784. The van der Waals surface area contributed by atoms with Gasteiger partial charge in [-0.05, 0) is 43.8 Å². The summed E-state index contributed by atoms with van der Waals surface area (Å²) in [5.74, 6) is -0.714. The number of carbonyl (C=O) groups is 1. The molecule has 1 unspecified atom stereocenters. The van der Waals surface area contributed by atoms with Crippen molar-refractivity contribution in [1.82, 2.24) is 9.47 Å². The fourth-order valence-electron chi connectivity index (χ4n) is 2.61. The topological polar surface area (TPSA) is 62.5 Å². The maximum absolute atomic E-state index is 12.0. The van der Waals surface area contributed by atoms with Gasteiger partial charge in [-0.25, -0.2) is 4.79 Å². The first-order chi connectivity index (χ1) is 9.97. The van der Waals surface area contributed by atoms with Crippen LogP contribution in [0.2, 0.25) is 0 Å². The number of aliphatic carboxylic acids is 1. The molecule has 21 heavy (non-hydrogen) atoms. The van der Waals surface area contributed by atoms with Crippen molar-refractivity contribution in [3.8, 4) is 0 Å². The van der Waals surface area contributed by atoms with Crippen LogP contribution in [0.1, 0.15) is 38.3 Å². The van der Waals surface area contributed by atoms with Gasteiger partial charge in [-0.3, -0.25) is 4.79 Å². The van der Waals surface area contributed by atoms with Crippen molar-refractivity contribution in [2.45, 2.75) is 39.2 Å². The Morgan fingerprint density at radius 1 is 1.33 bits per heavy atom. The molecule has 0 radical (unpaired) electrons. The summed E-state index contributed by atoms with van der Waals surface area (Å²) >= 11 is 0. The van der Waals surface area contributed by atoms with Gasteiger partial charge in [0.05, 0.1) is 0 Å². The highest BCUT2D eigenvalue weighted by Crippen LogP contribution is 2.17. The number of nitrogens with zero attached hydrogens (tertiary/aromatic N) is 2. The van der Waals surface area contributed by atoms with Crippen LogP contribution in [0, 0.1) is 5.92 Å². The molecule has 1 saturated heterocycles. The molecule has 5 heteroatoms. The minimum atomic E-state index is -0.939. The third kappa shape index (κ3) is 4.17. The smallest absolute Gasteiger partial charge is 0.326 e. The lowest BCUT2D eigenvalue weighted by molar-refractivity contribution is -0.141. The molecule has 1 atom stereocenters. The van der Waals surface area contributed by atoms with Crippen LogP contribution in [-0.2, 0) is 11.2 Å². The van der Waals surface area contributed by atoms with Crippen LogP contribution >= 0.6 is 0 Å². The Balaban J connectivity index is 2.15. The molecule has 1 fully saturated rings. The van der Waals surface area contributed by atoms with Crippen molar-refractivity contribution in [2.24, 2.45) is 5.92 Å². The highest BCUT2D eigenvalue weighted by atomic mass is 16.4. The molecule has 0 amide bonds. The molecule has 0 saturated carbocycles. The van der Waals surface area contributed by atoms with Crippen molar-refractivity contribution in [3.05, 3.63) is 34.2 Å². The summed E-state index contributed by atoms with van der Waals surface area (Å²) in [5, 5.41) is 9.39. The molecule has 0 bridgehead atoms. The number of hydrogen-bond donors (Lipinski definition) is 1. The molecule has 1 aliphatic heterocycles. The number of hydrogen-bond acceptors (Lipinski definition) is 3. The second-order valence-electron chi connectivity index (χ2n) is 6.21. The predicted molar refractivity (Wildman–Crippen MR) is 81.6 cm³/mol. The molecule has 1 N–H and O–H groups in total. The third-order valence-corrected chi connectivity index (χ3v) is 3.98. The average molecular weight is 292 g/mol. The Bertz CT molecular complexity index is 547. The number of aromatic nitrogens is 1. The van der Waals surface area contributed by atoms with E-state index < -0.39 is 12.0 Å². The zero-order valence-electron chi connectivity index (χ0n) is 12.8. The summed E-state index contributed by atoms with van der Waals surface area (Å²) in [4.78, 5) is 25.8. The molecule has 1 aliphatic rings. The van der Waals surface area contributed by atoms with Gasteiger partial charge in [0.1, 0.15) is 6.04 Å². The molecular weight excluding hydrogens is 268 g/mol. The average Bonchev–Trinajstić information content (AvgIpc) is 2.36. The highest BCUT2D eigenvalue weighted by molar-refractivity contribution is 5.71. The number of likely N-dealkylation sites (tertiary alicyclic amines) is 1. The van der Waals surface area contributed by atoms with Gasteiger partial charge in [-0.1, -0.05) is 19.9 Å². The number of rotatable bonds is 7. The maximum atomic E-state index is 12.0. The van der Waals surface area contributed by atoms with Crippen molar-refractivity contribution < 1.29 is 9.90 Å². The Labute approximate surface area is 125 Å². The quantitative estimate of drug-likeness (QED) is 0.832. The molecule has 0 aromatic carbocycles. The van der Waals surface area contributed by atoms with E-state index >= 15 is 0 Å². The molecule has 0 aliphatic carbocycles. The van der Waals surface area contributed by atoms with Crippen molar-refractivity contribution in [2.75, 3.05) is 19.6 Å². The highest BCUT2D eigenvalue weighted by Gasteiger charge is 2.22. The van der Waals surface area contributed by atoms with Gasteiger partial charge in [-0.15, -0.1) is 0 Å². The molecule has 0 spiro atoms. The van der Waals surface area contributed by atoms with Crippen LogP contribution in [0.3, 0.4) is 0 Å². The molecule has 2 heterocycles. The van der Waals surface area contributed by atoms with Crippen LogP contribution in [0.25, 0.3) is 0 Å². The van der Waals surface area contributed by atoms with E-state index in [1.165, 1.54) is 17.1 Å². The lowest BCUT2D eigenvalue weighted by Gasteiger charge is -2.30. The van der Waals surface area contributed by atoms with E-state index in [1.54, 1.807) is 6.20 Å². The Morgan fingerprint density at radius 3 is 2.57 bits per heavy atom. The Hall–Kier alpha value is -1.62. The van der Waals surface area contributed by atoms with Gasteiger partial charge < -0.3 is 14.6 Å². The maximum Gasteiger partial charge on any atom is 0.326 e. The van der Waals surface area contributed by atoms with Crippen molar-refractivity contribution >= 4 is 5.97 Å². The minimum absolute atomic E-state index is 0.225. The van der Waals surface area contributed by atoms with E-state index in [1.807, 2.05) is 19.9 Å². The molecule has 1 aromatic heterocycles. The summed E-state index contributed by atoms with van der Waals surface area (Å²) in [6.07, 6.45) is 4.30. The van der Waals surface area contributed by atoms with Gasteiger partial charge in [0.15, 0.2) is 0 Å². The Kier molecular flexibility index (Phi) is 5.17. The number of pyridine rings is 1. The summed E-state index contributed by atoms with van der Waals surface area (Å²) in [7, 11) is 0. The summed E-state index contributed by atoms with van der Waals surface area (Å²) in [6, 6.07) is 2.52. The Morgan fingerprint density at radius 2 is 2.05 bits per heavy atom. The van der Waals surface area contributed by atoms with E-state index in [4.69, 9.17) is 0 Å². The SMILES string of the molecule is CC(C)CC(C(=O)O)n1cc(CCN2CCC2)ccc1=O. The zero-order chi connectivity index (χ0) is 15.4. The first-order valence-electron chi connectivity index (χ1n) is 7.63. The van der Waals surface area contributed by atoms with Crippen LogP contribution in [0.5, 0.6) is 0 Å². The van der Waals surface area contributed by atoms with E-state index in [0.29, 0.717) is 6.42 Å². The zero-order valence-corrected chi connectivity index (χ0v) is 12.8. The van der Waals surface area contributed by atoms with Gasteiger partial charge in [0.2, 0.25) is 0 Å². The molecule has 116 valence electrons. The van der Waals surface area contributed by atoms with E-state index in [0.717, 1.165) is 31.6 Å². The van der Waals surface area contributed by atoms with Crippen molar-refractivity contribution in [3.63, 3.8) is 0 Å². The van der Waals surface area contributed by atoms with Gasteiger partial charge in [-0.2, -0.15) is 0 Å². The fraction of sp³-hybridized carbons (Fsp3) is 0.625. The second-order valence-corrected chi connectivity index (χ2v) is 6.21. The minimum Gasteiger partial charge on any atom is -0.480 e. The molecule has 1 aromatic rings. The molecule has 5 nitrogen and oxygen atoms in total. The number of carboxylic acid groups (broad SMARTS) is 1. The first-order valence-corrected chi connectivity index (χ1v) is 7.63. The molecular formula is C16H24N2O3. The van der Waals surface area contributed by atoms with Crippen LogP contribution in [-0.4, -0.2) is 40.2 Å². The third-order valence-electron chi connectivity index (χ3n) is 3.98. The predicted octanol–water partition coefficient (Wildman–Crippen LogP) is 1.77. The van der Waals surface area contributed by atoms with Crippen LogP contribution in [0.15, 0.2) is 23.1 Å². The first kappa shape index (κ1) is 15.8. The second kappa shape index (κ2) is 6.89. The fourth-order valence-corrected chi connectivity index (χ4v) is 2.61. The van der Waals surface area contributed by atoms with E-state index in [2.05, 4.69) is 4.90 Å². The van der Waals surface area contributed by atoms with E-state index in [-0.39, 0.29) is 11.5 Å². The lowest BCUT2D eigenvalue weighted by atomic mass is 10.0. The largest absolute Gasteiger partial charge is 0.480 e.